The van der Waals surface area contributed by atoms with Gasteiger partial charge in [-0.2, -0.15) is 0 Å². The number of ether oxygens (including phenoxy) is 1. The first-order valence-corrected chi connectivity index (χ1v) is 7.85. The third-order valence-corrected chi connectivity index (χ3v) is 4.89. The highest BCUT2D eigenvalue weighted by atomic mass is 79.9. The van der Waals surface area contributed by atoms with Crippen LogP contribution in [0.5, 0.6) is 5.75 Å². The first-order chi connectivity index (χ1) is 9.02. The van der Waals surface area contributed by atoms with Gasteiger partial charge in [-0.3, -0.25) is 0 Å². The Morgan fingerprint density at radius 2 is 1.79 bits per heavy atom. The van der Waals surface area contributed by atoms with Crippen LogP contribution in [0.1, 0.15) is 21.5 Å². The molecule has 0 aromatic heterocycles. The Morgan fingerprint density at radius 3 is 2.37 bits per heavy atom. The summed E-state index contributed by atoms with van der Waals surface area (Å²) in [5.74, 6) is 0.871. The predicted octanol–water partition coefficient (Wildman–Crippen LogP) is 5.90. The van der Waals surface area contributed by atoms with Gasteiger partial charge in [0.2, 0.25) is 0 Å². The molecule has 2 aromatic carbocycles. The van der Waals surface area contributed by atoms with E-state index in [4.69, 9.17) is 16.3 Å². The summed E-state index contributed by atoms with van der Waals surface area (Å²) in [4.78, 5) is 0.116. The summed E-state index contributed by atoms with van der Waals surface area (Å²) < 4.78 is 6.23. The van der Waals surface area contributed by atoms with Crippen molar-refractivity contribution in [2.75, 3.05) is 7.11 Å². The average Bonchev–Trinajstić information content (AvgIpc) is 2.37. The minimum atomic E-state index is 0.116. The van der Waals surface area contributed by atoms with Crippen LogP contribution in [0.4, 0.5) is 0 Å². The molecule has 0 spiro atoms. The molecule has 0 fully saturated rings. The van der Waals surface area contributed by atoms with E-state index in [-0.39, 0.29) is 4.83 Å². The Morgan fingerprint density at radius 1 is 1.11 bits per heavy atom. The van der Waals surface area contributed by atoms with E-state index in [1.165, 1.54) is 11.1 Å². The van der Waals surface area contributed by atoms with Gasteiger partial charge in [0.25, 0.3) is 0 Å². The molecular weight excluding hydrogens is 391 g/mol. The van der Waals surface area contributed by atoms with E-state index >= 15 is 0 Å². The minimum Gasteiger partial charge on any atom is -0.497 e. The molecule has 2 aromatic rings. The van der Waals surface area contributed by atoms with E-state index in [1.54, 1.807) is 7.11 Å². The molecule has 0 amide bonds. The van der Waals surface area contributed by atoms with Gasteiger partial charge in [0.05, 0.1) is 11.9 Å². The molecule has 0 aliphatic carbocycles. The molecule has 0 radical (unpaired) electrons. The topological polar surface area (TPSA) is 9.23 Å². The predicted molar refractivity (Wildman–Crippen MR) is 87.7 cm³/mol. The van der Waals surface area contributed by atoms with Crippen LogP contribution in [-0.2, 0) is 0 Å². The van der Waals surface area contributed by atoms with Crippen LogP contribution in [-0.4, -0.2) is 7.11 Å². The highest BCUT2D eigenvalue weighted by molar-refractivity contribution is 9.11. The normalized spacial score (nSPS) is 12.3. The minimum absolute atomic E-state index is 0.116. The molecule has 0 saturated carbocycles. The first-order valence-electron chi connectivity index (χ1n) is 5.76. The van der Waals surface area contributed by atoms with Crippen LogP contribution >= 0.6 is 43.5 Å². The van der Waals surface area contributed by atoms with E-state index < -0.39 is 0 Å². The van der Waals surface area contributed by atoms with Crippen LogP contribution in [0.15, 0.2) is 40.9 Å². The number of benzene rings is 2. The summed E-state index contributed by atoms with van der Waals surface area (Å²) in [6, 6.07) is 11.9. The second-order valence-corrected chi connectivity index (χ2v) is 6.46. The molecule has 0 N–H and O–H groups in total. The Balaban J connectivity index is 2.41. The maximum Gasteiger partial charge on any atom is 0.119 e. The second kappa shape index (κ2) is 6.29. The summed E-state index contributed by atoms with van der Waals surface area (Å²) in [6.07, 6.45) is 0. The summed E-state index contributed by atoms with van der Waals surface area (Å²) in [5, 5.41) is 0.724. The van der Waals surface area contributed by atoms with Gasteiger partial charge in [0, 0.05) is 9.50 Å². The van der Waals surface area contributed by atoms with Crippen molar-refractivity contribution in [3.05, 3.63) is 62.6 Å². The molecule has 0 saturated heterocycles. The number of hydrogen-bond donors (Lipinski definition) is 0. The summed E-state index contributed by atoms with van der Waals surface area (Å²) >= 11 is 13.3. The summed E-state index contributed by atoms with van der Waals surface area (Å²) in [5.41, 5.74) is 3.55. The third kappa shape index (κ3) is 3.33. The van der Waals surface area contributed by atoms with Crippen molar-refractivity contribution in [3.8, 4) is 5.75 Å². The van der Waals surface area contributed by atoms with Crippen molar-refractivity contribution in [2.45, 2.75) is 11.8 Å². The maximum atomic E-state index is 5.98. The molecule has 0 bridgehead atoms. The Bertz CT molecular complexity index is 599. The average molecular weight is 405 g/mol. The van der Waals surface area contributed by atoms with Crippen LogP contribution < -0.4 is 4.74 Å². The molecule has 4 heteroatoms. The van der Waals surface area contributed by atoms with Gasteiger partial charge < -0.3 is 4.74 Å². The monoisotopic (exact) mass is 402 g/mol. The molecule has 0 aliphatic rings. The fourth-order valence-electron chi connectivity index (χ4n) is 1.93. The molecule has 1 atom stereocenters. The molecule has 0 aliphatic heterocycles. The maximum absolute atomic E-state index is 5.98. The molecule has 1 unspecified atom stereocenters. The van der Waals surface area contributed by atoms with Gasteiger partial charge in [-0.25, -0.2) is 0 Å². The van der Waals surface area contributed by atoms with E-state index in [1.807, 2.05) is 30.3 Å². The number of hydrogen-bond acceptors (Lipinski definition) is 1. The molecule has 100 valence electrons. The fraction of sp³-hybridized carbons (Fsp3) is 0.200. The molecular formula is C15H13Br2ClO. The smallest absolute Gasteiger partial charge is 0.119 e. The zero-order valence-electron chi connectivity index (χ0n) is 10.6. The Kier molecular flexibility index (Phi) is 4.93. The lowest BCUT2D eigenvalue weighted by Crippen LogP contribution is -1.97. The quantitative estimate of drug-likeness (QED) is 0.579. The summed E-state index contributed by atoms with van der Waals surface area (Å²) in [6.45, 7) is 2.08. The second-order valence-electron chi connectivity index (χ2n) is 4.25. The van der Waals surface area contributed by atoms with Crippen molar-refractivity contribution < 1.29 is 4.74 Å². The van der Waals surface area contributed by atoms with E-state index in [0.717, 1.165) is 20.8 Å². The third-order valence-electron chi connectivity index (χ3n) is 2.99. The lowest BCUT2D eigenvalue weighted by atomic mass is 10.0. The van der Waals surface area contributed by atoms with Gasteiger partial charge in [-0.15, -0.1) is 0 Å². The number of aryl methyl sites for hydroxylation is 1. The van der Waals surface area contributed by atoms with Crippen LogP contribution in [0.2, 0.25) is 5.02 Å². The van der Waals surface area contributed by atoms with Crippen molar-refractivity contribution in [2.24, 2.45) is 0 Å². The fourth-order valence-corrected chi connectivity index (χ4v) is 4.07. The summed E-state index contributed by atoms with van der Waals surface area (Å²) in [7, 11) is 1.68. The van der Waals surface area contributed by atoms with Gasteiger partial charge in [0.1, 0.15) is 5.75 Å². The number of halogens is 3. The Labute approximate surface area is 135 Å². The molecule has 0 heterocycles. The van der Waals surface area contributed by atoms with E-state index in [0.29, 0.717) is 0 Å². The SMILES string of the molecule is COc1ccc(C(Br)c2ccc(Cl)cc2Br)c(C)c1. The zero-order chi connectivity index (χ0) is 14.0. The standard InChI is InChI=1S/C15H13Br2ClO/c1-9-7-11(19-2)4-6-12(9)15(17)13-5-3-10(18)8-14(13)16/h3-8,15H,1-2H3. The van der Waals surface area contributed by atoms with Gasteiger partial charge in [-0.1, -0.05) is 55.6 Å². The molecule has 1 nitrogen and oxygen atoms in total. The highest BCUT2D eigenvalue weighted by Crippen LogP contribution is 2.38. The van der Waals surface area contributed by atoms with Crippen molar-refractivity contribution in [1.29, 1.82) is 0 Å². The lowest BCUT2D eigenvalue weighted by Gasteiger charge is -2.16. The van der Waals surface area contributed by atoms with Crippen LogP contribution in [0.25, 0.3) is 0 Å². The van der Waals surface area contributed by atoms with Crippen LogP contribution in [0, 0.1) is 6.92 Å². The Hall–Kier alpha value is -0.510. The molecule has 19 heavy (non-hydrogen) atoms. The van der Waals surface area contributed by atoms with Gasteiger partial charge in [-0.05, 0) is 47.9 Å². The molecule has 2 rings (SSSR count). The van der Waals surface area contributed by atoms with Crippen molar-refractivity contribution in [1.82, 2.24) is 0 Å². The number of alkyl halides is 1. The van der Waals surface area contributed by atoms with Crippen molar-refractivity contribution in [3.63, 3.8) is 0 Å². The largest absolute Gasteiger partial charge is 0.497 e. The van der Waals surface area contributed by atoms with Gasteiger partial charge in [0.15, 0.2) is 0 Å². The van der Waals surface area contributed by atoms with Gasteiger partial charge >= 0.3 is 0 Å². The van der Waals surface area contributed by atoms with Crippen LogP contribution in [0.3, 0.4) is 0 Å². The lowest BCUT2D eigenvalue weighted by molar-refractivity contribution is 0.414. The first kappa shape index (κ1) is 14.9. The van der Waals surface area contributed by atoms with E-state index in [2.05, 4.69) is 44.8 Å². The zero-order valence-corrected chi connectivity index (χ0v) is 14.5. The van der Waals surface area contributed by atoms with E-state index in [9.17, 15) is 0 Å². The van der Waals surface area contributed by atoms with Crippen molar-refractivity contribution >= 4 is 43.5 Å². The number of rotatable bonds is 3. The highest BCUT2D eigenvalue weighted by Gasteiger charge is 2.16. The number of methoxy groups -OCH3 is 1.